The molecule has 2 aromatic carbocycles. The molecular weight excluding hydrogens is 471 g/mol. The van der Waals surface area contributed by atoms with Gasteiger partial charge in [0.05, 0.1) is 28.1 Å². The van der Waals surface area contributed by atoms with Crippen molar-refractivity contribution in [2.75, 3.05) is 19.0 Å². The number of amides is 2. The van der Waals surface area contributed by atoms with Gasteiger partial charge < -0.3 is 15.4 Å². The molecule has 1 heterocycles. The maximum Gasteiger partial charge on any atom is 0.341 e. The highest BCUT2D eigenvalue weighted by Crippen LogP contribution is 2.34. The van der Waals surface area contributed by atoms with E-state index < -0.39 is 11.9 Å². The molecule has 0 aliphatic heterocycles. The van der Waals surface area contributed by atoms with Crippen LogP contribution in [0, 0.1) is 6.92 Å². The average molecular weight is 491 g/mol. The van der Waals surface area contributed by atoms with Gasteiger partial charge in [-0.2, -0.15) is 0 Å². The molecule has 0 atom stereocenters. The van der Waals surface area contributed by atoms with Crippen LogP contribution < -0.4 is 10.6 Å². The summed E-state index contributed by atoms with van der Waals surface area (Å²) in [7, 11) is 1.24. The van der Waals surface area contributed by atoms with E-state index in [0.29, 0.717) is 28.4 Å². The molecule has 9 heteroatoms. The Morgan fingerprint density at radius 1 is 1.03 bits per heavy atom. The van der Waals surface area contributed by atoms with Gasteiger partial charge in [-0.25, -0.2) is 4.79 Å². The van der Waals surface area contributed by atoms with Crippen molar-refractivity contribution in [3.05, 3.63) is 85.7 Å². The van der Waals surface area contributed by atoms with Gasteiger partial charge in [-0.1, -0.05) is 53.5 Å². The topological polar surface area (TPSA) is 84.5 Å². The summed E-state index contributed by atoms with van der Waals surface area (Å²) in [6, 6.07) is 14.2. The fourth-order valence-corrected chi connectivity index (χ4v) is 4.66. The van der Waals surface area contributed by atoms with Crippen molar-refractivity contribution in [2.24, 2.45) is 0 Å². The van der Waals surface area contributed by atoms with Gasteiger partial charge >= 0.3 is 5.97 Å². The molecule has 1 aromatic heterocycles. The fraction of sp³-hybridized carbons (Fsp3) is 0.174. The fourth-order valence-electron chi connectivity index (χ4n) is 3.06. The van der Waals surface area contributed by atoms with Gasteiger partial charge in [-0.05, 0) is 42.7 Å². The van der Waals surface area contributed by atoms with Crippen LogP contribution in [0.4, 0.5) is 5.00 Å². The highest BCUT2D eigenvalue weighted by molar-refractivity contribution is 7.18. The summed E-state index contributed by atoms with van der Waals surface area (Å²) in [5.41, 5.74) is 1.84. The number of thiophene rings is 1. The number of carbonyl (C=O) groups excluding carboxylic acids is 3. The second-order valence-corrected chi connectivity index (χ2v) is 8.69. The predicted octanol–water partition coefficient (Wildman–Crippen LogP) is 5.37. The Morgan fingerprint density at radius 2 is 1.75 bits per heavy atom. The van der Waals surface area contributed by atoms with E-state index in [9.17, 15) is 14.4 Å². The summed E-state index contributed by atoms with van der Waals surface area (Å²) in [6.07, 6.45) is 0.666. The Balaban J connectivity index is 1.81. The third-order valence-electron chi connectivity index (χ3n) is 4.69. The molecule has 32 heavy (non-hydrogen) atoms. The molecule has 3 aromatic rings. The molecule has 0 spiro atoms. The zero-order valence-corrected chi connectivity index (χ0v) is 19.7. The van der Waals surface area contributed by atoms with Crippen LogP contribution in [0.3, 0.4) is 0 Å². The van der Waals surface area contributed by atoms with Crippen LogP contribution >= 0.6 is 34.5 Å². The number of benzene rings is 2. The predicted molar refractivity (Wildman–Crippen MR) is 127 cm³/mol. The lowest BCUT2D eigenvalue weighted by Gasteiger charge is -2.07. The number of carbonyl (C=O) groups is 3. The van der Waals surface area contributed by atoms with Crippen LogP contribution in [0.2, 0.25) is 10.0 Å². The Bertz CT molecular complexity index is 1160. The normalized spacial score (nSPS) is 10.5. The van der Waals surface area contributed by atoms with Gasteiger partial charge in [-0.15, -0.1) is 11.3 Å². The van der Waals surface area contributed by atoms with Crippen molar-refractivity contribution in [3.63, 3.8) is 0 Å². The second kappa shape index (κ2) is 10.6. The molecule has 3 rings (SSSR count). The molecule has 2 N–H and O–H groups in total. The number of nitrogens with one attached hydrogen (secondary N) is 2. The first-order valence-electron chi connectivity index (χ1n) is 9.62. The molecular formula is C23H20Cl2N2O4S. The number of hydrogen-bond donors (Lipinski definition) is 2. The van der Waals surface area contributed by atoms with E-state index in [2.05, 4.69) is 10.6 Å². The van der Waals surface area contributed by atoms with E-state index in [1.807, 2.05) is 30.3 Å². The lowest BCUT2D eigenvalue weighted by Crippen LogP contribution is -2.25. The molecule has 0 unspecified atom stereocenters. The Kier molecular flexibility index (Phi) is 7.90. The summed E-state index contributed by atoms with van der Waals surface area (Å²) >= 11 is 13.0. The smallest absolute Gasteiger partial charge is 0.341 e. The molecule has 0 aliphatic rings. The Morgan fingerprint density at radius 3 is 2.41 bits per heavy atom. The van der Waals surface area contributed by atoms with Crippen molar-refractivity contribution in [3.8, 4) is 0 Å². The average Bonchev–Trinajstić information content (AvgIpc) is 3.09. The number of hydrogen-bond acceptors (Lipinski definition) is 5. The van der Waals surface area contributed by atoms with Crippen LogP contribution in [0.5, 0.6) is 0 Å². The maximum absolute atomic E-state index is 12.8. The quantitative estimate of drug-likeness (QED) is 0.435. The highest BCUT2D eigenvalue weighted by Gasteiger charge is 2.27. The maximum atomic E-state index is 12.8. The van der Waals surface area contributed by atoms with Gasteiger partial charge in [0.25, 0.3) is 11.8 Å². The van der Waals surface area contributed by atoms with E-state index >= 15 is 0 Å². The molecule has 2 amide bonds. The lowest BCUT2D eigenvalue weighted by molar-refractivity contribution is 0.0601. The van der Waals surface area contributed by atoms with E-state index in [-0.39, 0.29) is 27.1 Å². The molecule has 6 nitrogen and oxygen atoms in total. The first kappa shape index (κ1) is 23.8. The minimum absolute atomic E-state index is 0.129. The van der Waals surface area contributed by atoms with Gasteiger partial charge in [0.15, 0.2) is 0 Å². The standard InChI is InChI=1S/C23H20Cl2N2O4S/c1-13-18(23(30)31-2)22(27-20(28)16-9-8-15(24)12-17(16)25)32-19(13)21(29)26-11-10-14-6-4-3-5-7-14/h3-9,12H,10-11H2,1-2H3,(H,26,29)(H,27,28). The summed E-state index contributed by atoms with van der Waals surface area (Å²) < 4.78 is 4.86. The zero-order chi connectivity index (χ0) is 23.3. The minimum Gasteiger partial charge on any atom is -0.465 e. The molecule has 166 valence electrons. The minimum atomic E-state index is -0.653. The van der Waals surface area contributed by atoms with Crippen LogP contribution in [-0.2, 0) is 11.2 Å². The Hall–Kier alpha value is -2.87. The number of esters is 1. The van der Waals surface area contributed by atoms with E-state index in [4.69, 9.17) is 27.9 Å². The summed E-state index contributed by atoms with van der Waals surface area (Å²) in [4.78, 5) is 38.2. The van der Waals surface area contributed by atoms with Gasteiger partial charge in [0, 0.05) is 11.6 Å². The first-order chi connectivity index (χ1) is 15.3. The van der Waals surface area contributed by atoms with Gasteiger partial charge in [0.1, 0.15) is 5.00 Å². The monoisotopic (exact) mass is 490 g/mol. The molecule has 0 aliphatic carbocycles. The third-order valence-corrected chi connectivity index (χ3v) is 6.44. The number of anilines is 1. The first-order valence-corrected chi connectivity index (χ1v) is 11.2. The van der Waals surface area contributed by atoms with Crippen LogP contribution in [0.15, 0.2) is 48.5 Å². The second-order valence-electron chi connectivity index (χ2n) is 6.82. The highest BCUT2D eigenvalue weighted by atomic mass is 35.5. The molecule has 0 fully saturated rings. The van der Waals surface area contributed by atoms with Gasteiger partial charge in [0.2, 0.25) is 0 Å². The number of ether oxygens (including phenoxy) is 1. The molecule has 0 saturated heterocycles. The van der Waals surface area contributed by atoms with Crippen molar-refractivity contribution < 1.29 is 19.1 Å². The van der Waals surface area contributed by atoms with E-state index in [1.165, 1.54) is 25.3 Å². The number of rotatable bonds is 7. The van der Waals surface area contributed by atoms with Crippen LogP contribution in [-0.4, -0.2) is 31.4 Å². The summed E-state index contributed by atoms with van der Waals surface area (Å²) in [6.45, 7) is 2.07. The summed E-state index contributed by atoms with van der Waals surface area (Å²) in [5.74, 6) is -1.52. The Labute approximate surface area is 199 Å². The zero-order valence-electron chi connectivity index (χ0n) is 17.3. The number of methoxy groups -OCH3 is 1. The van der Waals surface area contributed by atoms with Crippen molar-refractivity contribution >= 4 is 57.3 Å². The van der Waals surface area contributed by atoms with Crippen molar-refractivity contribution in [1.82, 2.24) is 5.32 Å². The van der Waals surface area contributed by atoms with E-state index in [1.54, 1.807) is 6.92 Å². The molecule has 0 bridgehead atoms. The van der Waals surface area contributed by atoms with Crippen molar-refractivity contribution in [1.29, 1.82) is 0 Å². The molecule has 0 radical (unpaired) electrons. The van der Waals surface area contributed by atoms with Crippen LogP contribution in [0.25, 0.3) is 0 Å². The largest absolute Gasteiger partial charge is 0.465 e. The third kappa shape index (κ3) is 5.48. The lowest BCUT2D eigenvalue weighted by atomic mass is 10.1. The van der Waals surface area contributed by atoms with Gasteiger partial charge in [-0.3, -0.25) is 9.59 Å². The van der Waals surface area contributed by atoms with Crippen LogP contribution in [0.1, 0.15) is 41.5 Å². The number of halogens is 2. The summed E-state index contributed by atoms with van der Waals surface area (Å²) in [5, 5.41) is 6.30. The molecule has 0 saturated carbocycles. The van der Waals surface area contributed by atoms with E-state index in [0.717, 1.165) is 16.9 Å². The van der Waals surface area contributed by atoms with Crippen molar-refractivity contribution in [2.45, 2.75) is 13.3 Å². The SMILES string of the molecule is COC(=O)c1c(NC(=O)c2ccc(Cl)cc2Cl)sc(C(=O)NCCc2ccccc2)c1C.